The highest BCUT2D eigenvalue weighted by Gasteiger charge is 2.07. The van der Waals surface area contributed by atoms with E-state index in [9.17, 15) is 0 Å². The average Bonchev–Trinajstić information content (AvgIpc) is 2.15. The molecule has 0 aliphatic heterocycles. The lowest BCUT2D eigenvalue weighted by molar-refractivity contribution is 0.574. The Balaban J connectivity index is 2.55. The number of nitrogens with two attached hydrogens (primary N) is 1. The van der Waals surface area contributed by atoms with Crippen molar-refractivity contribution in [3.05, 3.63) is 23.8 Å². The number of nitrogens with zero attached hydrogens (tertiary/aromatic N) is 2. The summed E-state index contributed by atoms with van der Waals surface area (Å²) in [6.07, 6.45) is 6.90. The van der Waals surface area contributed by atoms with Gasteiger partial charge in [0.1, 0.15) is 5.82 Å². The van der Waals surface area contributed by atoms with Gasteiger partial charge in [-0.3, -0.25) is 0 Å². The van der Waals surface area contributed by atoms with E-state index in [0.717, 1.165) is 24.2 Å². The third kappa shape index (κ3) is 3.11. The summed E-state index contributed by atoms with van der Waals surface area (Å²) in [7, 11) is 0. The largest absolute Gasteiger partial charge is 0.321 e. The van der Waals surface area contributed by atoms with Crippen LogP contribution in [-0.2, 0) is 0 Å². The molecule has 1 rings (SSSR count). The van der Waals surface area contributed by atoms with Crippen LogP contribution >= 0.6 is 0 Å². The molecule has 0 fully saturated rings. The molecule has 3 heteroatoms. The molecule has 2 N–H and O–H groups in total. The SMILES string of the molecule is CCCCC(N)c1ncc(C)cn1. The average molecular weight is 179 g/mol. The predicted octanol–water partition coefficient (Wildman–Crippen LogP) is 1.98. The molecule has 3 nitrogen and oxygen atoms in total. The fraction of sp³-hybridized carbons (Fsp3) is 0.600. The van der Waals surface area contributed by atoms with Crippen LogP contribution in [0.3, 0.4) is 0 Å². The summed E-state index contributed by atoms with van der Waals surface area (Å²) < 4.78 is 0. The molecule has 0 spiro atoms. The Hall–Kier alpha value is -0.960. The van der Waals surface area contributed by atoms with Gasteiger partial charge in [-0.15, -0.1) is 0 Å². The number of unbranched alkanes of at least 4 members (excludes halogenated alkanes) is 1. The Labute approximate surface area is 79.4 Å². The van der Waals surface area contributed by atoms with E-state index in [1.54, 1.807) is 0 Å². The first-order valence-electron chi connectivity index (χ1n) is 4.78. The van der Waals surface area contributed by atoms with Crippen molar-refractivity contribution in [3.63, 3.8) is 0 Å². The predicted molar refractivity (Wildman–Crippen MR) is 53.2 cm³/mol. The van der Waals surface area contributed by atoms with Gasteiger partial charge in [0, 0.05) is 12.4 Å². The highest BCUT2D eigenvalue weighted by molar-refractivity contribution is 5.03. The molecule has 1 unspecified atom stereocenters. The van der Waals surface area contributed by atoms with Crippen LogP contribution in [0, 0.1) is 6.92 Å². The van der Waals surface area contributed by atoms with Crippen molar-refractivity contribution >= 4 is 0 Å². The summed E-state index contributed by atoms with van der Waals surface area (Å²) in [5.41, 5.74) is 6.98. The van der Waals surface area contributed by atoms with E-state index in [1.165, 1.54) is 6.42 Å². The Morgan fingerprint density at radius 1 is 1.38 bits per heavy atom. The molecule has 0 aliphatic carbocycles. The highest BCUT2D eigenvalue weighted by atomic mass is 14.9. The Morgan fingerprint density at radius 3 is 2.54 bits per heavy atom. The van der Waals surface area contributed by atoms with Crippen LogP contribution in [-0.4, -0.2) is 9.97 Å². The second-order valence-electron chi connectivity index (χ2n) is 3.37. The van der Waals surface area contributed by atoms with Crippen LogP contribution in [0.15, 0.2) is 12.4 Å². The Morgan fingerprint density at radius 2 is 2.00 bits per heavy atom. The molecule has 1 atom stereocenters. The number of hydrogen-bond donors (Lipinski definition) is 1. The van der Waals surface area contributed by atoms with E-state index < -0.39 is 0 Å². The van der Waals surface area contributed by atoms with Crippen molar-refractivity contribution in [1.29, 1.82) is 0 Å². The van der Waals surface area contributed by atoms with E-state index in [4.69, 9.17) is 5.73 Å². The lowest BCUT2D eigenvalue weighted by atomic mass is 10.1. The monoisotopic (exact) mass is 179 g/mol. The molecule has 72 valence electrons. The van der Waals surface area contributed by atoms with Gasteiger partial charge >= 0.3 is 0 Å². The van der Waals surface area contributed by atoms with Gasteiger partial charge in [0.15, 0.2) is 0 Å². The first-order chi connectivity index (χ1) is 6.24. The Bertz CT molecular complexity index is 243. The molecule has 1 aromatic heterocycles. The minimum Gasteiger partial charge on any atom is -0.321 e. The van der Waals surface area contributed by atoms with Crippen LogP contribution in [0.5, 0.6) is 0 Å². The van der Waals surface area contributed by atoms with Gasteiger partial charge in [0.2, 0.25) is 0 Å². The van der Waals surface area contributed by atoms with Crippen LogP contribution in [0.1, 0.15) is 43.6 Å². The molecule has 0 aromatic carbocycles. The second-order valence-corrected chi connectivity index (χ2v) is 3.37. The summed E-state index contributed by atoms with van der Waals surface area (Å²) in [4.78, 5) is 8.39. The van der Waals surface area contributed by atoms with Crippen LogP contribution < -0.4 is 5.73 Å². The number of aryl methyl sites for hydroxylation is 1. The van der Waals surface area contributed by atoms with Crippen molar-refractivity contribution in [3.8, 4) is 0 Å². The maximum absolute atomic E-state index is 5.91. The molecular weight excluding hydrogens is 162 g/mol. The van der Waals surface area contributed by atoms with Crippen molar-refractivity contribution in [2.45, 2.75) is 39.2 Å². The molecule has 1 heterocycles. The zero-order valence-corrected chi connectivity index (χ0v) is 8.33. The van der Waals surface area contributed by atoms with Crippen LogP contribution in [0.25, 0.3) is 0 Å². The number of aromatic nitrogens is 2. The summed E-state index contributed by atoms with van der Waals surface area (Å²) >= 11 is 0. The lowest BCUT2D eigenvalue weighted by Gasteiger charge is -2.08. The van der Waals surface area contributed by atoms with Gasteiger partial charge in [-0.05, 0) is 18.9 Å². The van der Waals surface area contributed by atoms with Gasteiger partial charge in [-0.2, -0.15) is 0 Å². The first kappa shape index (κ1) is 10.1. The molecule has 0 saturated heterocycles. The molecule has 0 saturated carbocycles. The second kappa shape index (κ2) is 4.92. The summed E-state index contributed by atoms with van der Waals surface area (Å²) in [6, 6.07) is 0.000509. The maximum atomic E-state index is 5.91. The third-order valence-corrected chi connectivity index (χ3v) is 2.00. The van der Waals surface area contributed by atoms with Crippen LogP contribution in [0.2, 0.25) is 0 Å². The van der Waals surface area contributed by atoms with E-state index in [1.807, 2.05) is 19.3 Å². The third-order valence-electron chi connectivity index (χ3n) is 2.00. The normalized spacial score (nSPS) is 12.8. The van der Waals surface area contributed by atoms with Gasteiger partial charge in [-0.25, -0.2) is 9.97 Å². The van der Waals surface area contributed by atoms with Gasteiger partial charge in [0.25, 0.3) is 0 Å². The van der Waals surface area contributed by atoms with E-state index in [-0.39, 0.29) is 6.04 Å². The van der Waals surface area contributed by atoms with Crippen molar-refractivity contribution in [2.75, 3.05) is 0 Å². The van der Waals surface area contributed by atoms with Crippen molar-refractivity contribution in [2.24, 2.45) is 5.73 Å². The smallest absolute Gasteiger partial charge is 0.144 e. The summed E-state index contributed by atoms with van der Waals surface area (Å²) in [5.74, 6) is 0.763. The van der Waals surface area contributed by atoms with Crippen molar-refractivity contribution in [1.82, 2.24) is 9.97 Å². The fourth-order valence-electron chi connectivity index (χ4n) is 1.15. The Kier molecular flexibility index (Phi) is 3.83. The van der Waals surface area contributed by atoms with Gasteiger partial charge in [0.05, 0.1) is 6.04 Å². The molecule has 0 bridgehead atoms. The molecule has 0 radical (unpaired) electrons. The van der Waals surface area contributed by atoms with E-state index in [0.29, 0.717) is 0 Å². The van der Waals surface area contributed by atoms with E-state index >= 15 is 0 Å². The highest BCUT2D eigenvalue weighted by Crippen LogP contribution is 2.11. The molecular formula is C10H17N3. The topological polar surface area (TPSA) is 51.8 Å². The molecule has 1 aromatic rings. The minimum absolute atomic E-state index is 0.000509. The standard InChI is InChI=1S/C10H17N3/c1-3-4-5-9(11)10-12-6-8(2)7-13-10/h6-7,9H,3-5,11H2,1-2H3. The quantitative estimate of drug-likeness (QED) is 0.768. The summed E-state index contributed by atoms with van der Waals surface area (Å²) in [5, 5.41) is 0. The number of rotatable bonds is 4. The molecule has 13 heavy (non-hydrogen) atoms. The minimum atomic E-state index is 0.000509. The van der Waals surface area contributed by atoms with Gasteiger partial charge in [-0.1, -0.05) is 19.8 Å². The first-order valence-corrected chi connectivity index (χ1v) is 4.78. The fourth-order valence-corrected chi connectivity index (χ4v) is 1.15. The van der Waals surface area contributed by atoms with Crippen LogP contribution in [0.4, 0.5) is 0 Å². The van der Waals surface area contributed by atoms with Gasteiger partial charge < -0.3 is 5.73 Å². The lowest BCUT2D eigenvalue weighted by Crippen LogP contribution is -2.13. The molecule has 0 aliphatic rings. The molecule has 0 amide bonds. The maximum Gasteiger partial charge on any atom is 0.144 e. The van der Waals surface area contributed by atoms with Crippen molar-refractivity contribution < 1.29 is 0 Å². The van der Waals surface area contributed by atoms with E-state index in [2.05, 4.69) is 16.9 Å². The zero-order chi connectivity index (χ0) is 9.68. The number of hydrogen-bond acceptors (Lipinski definition) is 3. The zero-order valence-electron chi connectivity index (χ0n) is 8.33. The summed E-state index contributed by atoms with van der Waals surface area (Å²) in [6.45, 7) is 4.13.